The van der Waals surface area contributed by atoms with Crippen molar-refractivity contribution in [2.24, 2.45) is 0 Å². The summed E-state index contributed by atoms with van der Waals surface area (Å²) in [6.45, 7) is 0. The third kappa shape index (κ3) is 2.91. The summed E-state index contributed by atoms with van der Waals surface area (Å²) < 4.78 is 14.2. The summed E-state index contributed by atoms with van der Waals surface area (Å²) in [4.78, 5) is 12.5. The van der Waals surface area contributed by atoms with Crippen LogP contribution in [0.4, 0.5) is 10.1 Å². The van der Waals surface area contributed by atoms with Crippen molar-refractivity contribution in [2.75, 3.05) is 5.32 Å². The Labute approximate surface area is 118 Å². The average Bonchev–Trinajstić information content (AvgIpc) is 2.34. The number of rotatable bonds is 2. The Morgan fingerprint density at radius 1 is 1.22 bits per heavy atom. The van der Waals surface area contributed by atoms with Crippen LogP contribution >= 0.6 is 28.6 Å². The van der Waals surface area contributed by atoms with E-state index in [1.54, 1.807) is 30.3 Å². The van der Waals surface area contributed by atoms with E-state index in [1.165, 1.54) is 12.1 Å². The summed E-state index contributed by atoms with van der Waals surface area (Å²) in [5, 5.41) is 2.52. The third-order valence-corrected chi connectivity index (χ3v) is 3.21. The lowest BCUT2D eigenvalue weighted by Gasteiger charge is -2.08. The molecule has 0 unspecified atom stereocenters. The lowest BCUT2D eigenvalue weighted by molar-refractivity contribution is 0.102. The molecule has 0 aliphatic heterocycles. The van der Waals surface area contributed by atoms with Crippen LogP contribution in [0.25, 0.3) is 0 Å². The summed E-state index contributed by atoms with van der Waals surface area (Å²) >= 11 is 7.41. The van der Waals surface area contributed by atoms with E-state index in [1.807, 2.05) is 0 Å². The lowest BCUT2D eigenvalue weighted by atomic mass is 10.2. The fourth-order valence-electron chi connectivity index (χ4n) is 1.45. The molecule has 0 saturated heterocycles. The van der Waals surface area contributed by atoms with Gasteiger partial charge in [0.1, 0.15) is 5.82 Å². The van der Waals surface area contributed by atoms with Crippen LogP contribution in [0.15, 0.2) is 51.8 Å². The molecule has 0 heterocycles. The van der Waals surface area contributed by atoms with Crippen LogP contribution in [-0.2, 0) is 0 Å². The second kappa shape index (κ2) is 5.54. The molecule has 0 aromatic heterocycles. The van der Waals surface area contributed by atoms with Gasteiger partial charge in [0.05, 0.1) is 11.3 Å². The number of benzene rings is 2. The molecule has 0 atom stereocenters. The number of halogens is 2. The SMILES string of the molecule is O=C(Nc1cc(Br)ccc1F)c1ccccc1S. The molecular weight excluding hydrogens is 317 g/mol. The van der Waals surface area contributed by atoms with E-state index in [-0.39, 0.29) is 5.69 Å². The number of hydrogen-bond donors (Lipinski definition) is 2. The molecule has 2 nitrogen and oxygen atoms in total. The number of anilines is 1. The van der Waals surface area contributed by atoms with E-state index >= 15 is 0 Å². The predicted molar refractivity (Wildman–Crippen MR) is 75.7 cm³/mol. The van der Waals surface area contributed by atoms with Crippen molar-refractivity contribution < 1.29 is 9.18 Å². The van der Waals surface area contributed by atoms with E-state index in [9.17, 15) is 9.18 Å². The van der Waals surface area contributed by atoms with Crippen molar-refractivity contribution >= 4 is 40.2 Å². The van der Waals surface area contributed by atoms with Gasteiger partial charge >= 0.3 is 0 Å². The van der Waals surface area contributed by atoms with Crippen molar-refractivity contribution in [3.63, 3.8) is 0 Å². The van der Waals surface area contributed by atoms with E-state index in [0.717, 1.165) is 0 Å². The molecule has 1 amide bonds. The van der Waals surface area contributed by atoms with Crippen molar-refractivity contribution in [3.8, 4) is 0 Å². The van der Waals surface area contributed by atoms with Crippen molar-refractivity contribution in [3.05, 3.63) is 58.3 Å². The lowest BCUT2D eigenvalue weighted by Crippen LogP contribution is -2.13. The molecule has 2 rings (SSSR count). The van der Waals surface area contributed by atoms with E-state index < -0.39 is 11.7 Å². The van der Waals surface area contributed by atoms with Gasteiger partial charge in [-0.25, -0.2) is 4.39 Å². The first kappa shape index (κ1) is 13.1. The summed E-state index contributed by atoms with van der Waals surface area (Å²) in [6.07, 6.45) is 0. The van der Waals surface area contributed by atoms with Gasteiger partial charge in [-0.05, 0) is 30.3 Å². The summed E-state index contributed by atoms with van der Waals surface area (Å²) in [6, 6.07) is 11.2. The standard InChI is InChI=1S/C13H9BrFNOS/c14-8-5-6-10(15)11(7-8)16-13(17)9-3-1-2-4-12(9)18/h1-7,18H,(H,16,17). The highest BCUT2D eigenvalue weighted by Gasteiger charge is 2.11. The fourth-order valence-corrected chi connectivity index (χ4v) is 2.07. The Hall–Kier alpha value is -1.33. The molecule has 0 aliphatic rings. The van der Waals surface area contributed by atoms with Gasteiger partial charge < -0.3 is 5.32 Å². The summed E-state index contributed by atoms with van der Waals surface area (Å²) in [5.41, 5.74) is 0.533. The Balaban J connectivity index is 2.27. The van der Waals surface area contributed by atoms with Crippen molar-refractivity contribution in [2.45, 2.75) is 4.90 Å². The third-order valence-electron chi connectivity index (χ3n) is 2.33. The second-order valence-corrected chi connectivity index (χ2v) is 4.99. The normalized spacial score (nSPS) is 10.2. The first-order valence-corrected chi connectivity index (χ1v) is 6.36. The minimum atomic E-state index is -0.483. The number of thiol groups is 1. The minimum absolute atomic E-state index is 0.131. The number of hydrogen-bond acceptors (Lipinski definition) is 2. The van der Waals surface area contributed by atoms with Crippen LogP contribution in [0.5, 0.6) is 0 Å². The number of amides is 1. The zero-order valence-electron chi connectivity index (χ0n) is 9.15. The van der Waals surface area contributed by atoms with Crippen LogP contribution in [0.1, 0.15) is 10.4 Å². The largest absolute Gasteiger partial charge is 0.319 e. The van der Waals surface area contributed by atoms with Crippen LogP contribution < -0.4 is 5.32 Å². The van der Waals surface area contributed by atoms with Gasteiger partial charge in [-0.2, -0.15) is 0 Å². The van der Waals surface area contributed by atoms with Gasteiger partial charge in [0.15, 0.2) is 0 Å². The number of carbonyl (C=O) groups is 1. The smallest absolute Gasteiger partial charge is 0.256 e. The molecule has 2 aromatic carbocycles. The Morgan fingerprint density at radius 3 is 2.67 bits per heavy atom. The zero-order chi connectivity index (χ0) is 13.1. The Kier molecular flexibility index (Phi) is 4.04. The van der Waals surface area contributed by atoms with Gasteiger partial charge in [-0.1, -0.05) is 28.1 Å². The van der Waals surface area contributed by atoms with Crippen LogP contribution in [0.2, 0.25) is 0 Å². The van der Waals surface area contributed by atoms with Gasteiger partial charge in [-0.15, -0.1) is 12.6 Å². The van der Waals surface area contributed by atoms with Gasteiger partial charge in [0.2, 0.25) is 0 Å². The van der Waals surface area contributed by atoms with Crippen LogP contribution in [0.3, 0.4) is 0 Å². The second-order valence-electron chi connectivity index (χ2n) is 3.60. The Morgan fingerprint density at radius 2 is 1.94 bits per heavy atom. The molecule has 0 saturated carbocycles. The monoisotopic (exact) mass is 325 g/mol. The fraction of sp³-hybridized carbons (Fsp3) is 0. The first-order chi connectivity index (χ1) is 8.58. The van der Waals surface area contributed by atoms with Gasteiger partial charge in [0.25, 0.3) is 5.91 Å². The maximum Gasteiger partial charge on any atom is 0.256 e. The van der Waals surface area contributed by atoms with E-state index in [0.29, 0.717) is 14.9 Å². The maximum absolute atomic E-state index is 13.5. The quantitative estimate of drug-likeness (QED) is 0.799. The average molecular weight is 326 g/mol. The van der Waals surface area contributed by atoms with E-state index in [4.69, 9.17) is 0 Å². The first-order valence-electron chi connectivity index (χ1n) is 5.12. The molecule has 92 valence electrons. The highest BCUT2D eigenvalue weighted by molar-refractivity contribution is 9.10. The zero-order valence-corrected chi connectivity index (χ0v) is 11.6. The molecule has 18 heavy (non-hydrogen) atoms. The highest BCUT2D eigenvalue weighted by atomic mass is 79.9. The molecule has 0 radical (unpaired) electrons. The van der Waals surface area contributed by atoms with E-state index in [2.05, 4.69) is 33.9 Å². The molecule has 1 N–H and O–H groups in total. The predicted octanol–water partition coefficient (Wildman–Crippen LogP) is 4.13. The van der Waals surface area contributed by atoms with Crippen LogP contribution in [0, 0.1) is 5.82 Å². The molecule has 0 bridgehead atoms. The number of nitrogens with one attached hydrogen (secondary N) is 1. The Bertz CT molecular complexity index is 603. The maximum atomic E-state index is 13.5. The molecule has 5 heteroatoms. The highest BCUT2D eigenvalue weighted by Crippen LogP contribution is 2.21. The van der Waals surface area contributed by atoms with Gasteiger partial charge in [-0.3, -0.25) is 4.79 Å². The van der Waals surface area contributed by atoms with Crippen molar-refractivity contribution in [1.82, 2.24) is 0 Å². The molecule has 0 spiro atoms. The van der Waals surface area contributed by atoms with Gasteiger partial charge in [0, 0.05) is 9.37 Å². The van der Waals surface area contributed by atoms with Crippen LogP contribution in [-0.4, -0.2) is 5.91 Å². The molecule has 2 aromatic rings. The minimum Gasteiger partial charge on any atom is -0.319 e. The summed E-state index contributed by atoms with van der Waals surface area (Å²) in [5.74, 6) is -0.874. The number of carbonyl (C=O) groups excluding carboxylic acids is 1. The summed E-state index contributed by atoms with van der Waals surface area (Å²) in [7, 11) is 0. The molecule has 0 fully saturated rings. The molecule has 0 aliphatic carbocycles. The molecular formula is C13H9BrFNOS. The van der Waals surface area contributed by atoms with Crippen molar-refractivity contribution in [1.29, 1.82) is 0 Å². The topological polar surface area (TPSA) is 29.1 Å².